The molecule has 2 rings (SSSR count). The highest BCUT2D eigenvalue weighted by Gasteiger charge is 2.15. The number of amides is 1. The first-order valence-electron chi connectivity index (χ1n) is 7.23. The van der Waals surface area contributed by atoms with E-state index in [0.29, 0.717) is 17.7 Å². The number of nitrogens with zero attached hydrogens (tertiary/aromatic N) is 2. The third-order valence-electron chi connectivity index (χ3n) is 3.49. The van der Waals surface area contributed by atoms with Gasteiger partial charge in [0.05, 0.1) is 6.10 Å². The van der Waals surface area contributed by atoms with Gasteiger partial charge >= 0.3 is 0 Å². The van der Waals surface area contributed by atoms with Crippen LogP contribution in [-0.4, -0.2) is 48.6 Å². The number of ether oxygens (including phenoxy) is 1. The van der Waals surface area contributed by atoms with Crippen molar-refractivity contribution in [2.45, 2.75) is 38.2 Å². The van der Waals surface area contributed by atoms with E-state index in [1.165, 1.54) is 24.2 Å². The molecule has 1 aliphatic heterocycles. The Labute approximate surface area is 124 Å². The molecule has 5 nitrogen and oxygen atoms in total. The number of aromatic nitrogens is 1. The number of nitrogens with one attached hydrogen (secondary N) is 1. The maximum absolute atomic E-state index is 11.7. The molecule has 2 heterocycles. The van der Waals surface area contributed by atoms with Crippen molar-refractivity contribution in [1.82, 2.24) is 9.88 Å². The van der Waals surface area contributed by atoms with Gasteiger partial charge in [-0.15, -0.1) is 11.3 Å². The summed E-state index contributed by atoms with van der Waals surface area (Å²) in [5, 5.41) is 5.33. The minimum absolute atomic E-state index is 0.0333. The average molecular weight is 297 g/mol. The van der Waals surface area contributed by atoms with Crippen molar-refractivity contribution in [1.29, 1.82) is 0 Å². The maximum Gasteiger partial charge on any atom is 0.227 e. The number of anilines is 1. The molecule has 1 atom stereocenters. The second-order valence-electron chi connectivity index (χ2n) is 5.22. The Hall–Kier alpha value is -0.980. The molecule has 1 aromatic rings. The minimum atomic E-state index is 0.0333. The average Bonchev–Trinajstić information content (AvgIpc) is 3.09. The smallest absolute Gasteiger partial charge is 0.227 e. The highest BCUT2D eigenvalue weighted by atomic mass is 32.1. The largest absolute Gasteiger partial charge is 0.378 e. The maximum atomic E-state index is 11.7. The first-order chi connectivity index (χ1) is 9.74. The molecule has 6 heteroatoms. The van der Waals surface area contributed by atoms with Gasteiger partial charge in [-0.1, -0.05) is 0 Å². The molecule has 1 saturated heterocycles. The summed E-state index contributed by atoms with van der Waals surface area (Å²) < 4.78 is 5.60. The van der Waals surface area contributed by atoms with E-state index in [1.807, 2.05) is 5.38 Å². The van der Waals surface area contributed by atoms with E-state index in [9.17, 15) is 4.79 Å². The Morgan fingerprint density at radius 1 is 1.60 bits per heavy atom. The predicted molar refractivity (Wildman–Crippen MR) is 81.1 cm³/mol. The topological polar surface area (TPSA) is 54.5 Å². The number of carbonyl (C=O) groups is 1. The van der Waals surface area contributed by atoms with Crippen LogP contribution in [0.25, 0.3) is 0 Å². The van der Waals surface area contributed by atoms with Crippen LogP contribution in [0.1, 0.15) is 32.1 Å². The molecule has 112 valence electrons. The number of hydrogen-bond donors (Lipinski definition) is 1. The molecule has 1 unspecified atom stereocenters. The summed E-state index contributed by atoms with van der Waals surface area (Å²) in [6, 6.07) is 0. The molecule has 1 N–H and O–H groups in total. The van der Waals surface area contributed by atoms with Crippen LogP contribution in [0.2, 0.25) is 0 Å². The van der Waals surface area contributed by atoms with Gasteiger partial charge in [0.15, 0.2) is 5.13 Å². The fraction of sp³-hybridized carbons (Fsp3) is 0.714. The summed E-state index contributed by atoms with van der Waals surface area (Å²) in [5.41, 5.74) is 0. The summed E-state index contributed by atoms with van der Waals surface area (Å²) in [6.07, 6.45) is 7.35. The molecule has 0 spiro atoms. The van der Waals surface area contributed by atoms with Crippen molar-refractivity contribution in [3.8, 4) is 0 Å². The zero-order valence-electron chi connectivity index (χ0n) is 12.0. The van der Waals surface area contributed by atoms with E-state index in [4.69, 9.17) is 4.74 Å². The molecule has 0 bridgehead atoms. The Morgan fingerprint density at radius 2 is 2.50 bits per heavy atom. The Bertz CT molecular complexity index is 391. The normalized spacial score (nSPS) is 18.6. The van der Waals surface area contributed by atoms with Crippen LogP contribution in [-0.2, 0) is 9.53 Å². The SMILES string of the molecule is CN(CCCC1CCCO1)CCC(=O)Nc1nccs1. The van der Waals surface area contributed by atoms with E-state index in [2.05, 4.69) is 22.2 Å². The molecule has 20 heavy (non-hydrogen) atoms. The Kier molecular flexibility index (Phi) is 6.42. The van der Waals surface area contributed by atoms with Gasteiger partial charge in [-0.3, -0.25) is 4.79 Å². The van der Waals surface area contributed by atoms with Crippen molar-refractivity contribution in [3.05, 3.63) is 11.6 Å². The molecule has 0 saturated carbocycles. The molecule has 1 amide bonds. The first kappa shape index (κ1) is 15.4. The zero-order chi connectivity index (χ0) is 14.2. The van der Waals surface area contributed by atoms with Gasteiger partial charge in [0.2, 0.25) is 5.91 Å². The van der Waals surface area contributed by atoms with E-state index >= 15 is 0 Å². The Morgan fingerprint density at radius 3 is 3.20 bits per heavy atom. The molecule has 0 radical (unpaired) electrons. The molecule has 1 aromatic heterocycles. The second-order valence-corrected chi connectivity index (χ2v) is 6.11. The summed E-state index contributed by atoms with van der Waals surface area (Å²) in [4.78, 5) is 17.9. The standard InChI is InChI=1S/C14H23N3O2S/c1-17(8-2-4-12-5-3-10-19-12)9-6-13(18)16-14-15-7-11-20-14/h7,11-12H,2-6,8-10H2,1H3,(H,15,16,18). The fourth-order valence-electron chi connectivity index (χ4n) is 2.33. The lowest BCUT2D eigenvalue weighted by molar-refractivity contribution is -0.116. The summed E-state index contributed by atoms with van der Waals surface area (Å²) in [5.74, 6) is 0.0333. The lowest BCUT2D eigenvalue weighted by atomic mass is 10.1. The van der Waals surface area contributed by atoms with Crippen molar-refractivity contribution in [2.24, 2.45) is 0 Å². The summed E-state index contributed by atoms with van der Waals surface area (Å²) in [6.45, 7) is 2.73. The van der Waals surface area contributed by atoms with Crippen LogP contribution in [0.4, 0.5) is 5.13 Å². The van der Waals surface area contributed by atoms with Crippen LogP contribution in [0.3, 0.4) is 0 Å². The van der Waals surface area contributed by atoms with Gasteiger partial charge in [-0.25, -0.2) is 4.98 Å². The van der Waals surface area contributed by atoms with Gasteiger partial charge in [0, 0.05) is 31.1 Å². The summed E-state index contributed by atoms with van der Waals surface area (Å²) in [7, 11) is 2.06. The fourth-order valence-corrected chi connectivity index (χ4v) is 2.88. The number of carbonyl (C=O) groups excluding carboxylic acids is 1. The zero-order valence-corrected chi connectivity index (χ0v) is 12.8. The highest BCUT2D eigenvalue weighted by molar-refractivity contribution is 7.13. The quantitative estimate of drug-likeness (QED) is 0.800. The van der Waals surface area contributed by atoms with Gasteiger partial charge in [0.25, 0.3) is 0 Å². The van der Waals surface area contributed by atoms with Crippen LogP contribution < -0.4 is 5.32 Å². The van der Waals surface area contributed by atoms with Gasteiger partial charge < -0.3 is 15.0 Å². The minimum Gasteiger partial charge on any atom is -0.378 e. The van der Waals surface area contributed by atoms with E-state index < -0.39 is 0 Å². The molecule has 0 aromatic carbocycles. The molecule has 0 aliphatic carbocycles. The monoisotopic (exact) mass is 297 g/mol. The highest BCUT2D eigenvalue weighted by Crippen LogP contribution is 2.16. The van der Waals surface area contributed by atoms with Crippen LogP contribution in [0, 0.1) is 0 Å². The lowest BCUT2D eigenvalue weighted by Crippen LogP contribution is -2.25. The second kappa shape index (κ2) is 8.34. The third-order valence-corrected chi connectivity index (χ3v) is 4.18. The van der Waals surface area contributed by atoms with Crippen LogP contribution in [0.5, 0.6) is 0 Å². The molecule has 1 fully saturated rings. The van der Waals surface area contributed by atoms with Crippen molar-refractivity contribution in [3.63, 3.8) is 0 Å². The predicted octanol–water partition coefficient (Wildman–Crippen LogP) is 2.36. The lowest BCUT2D eigenvalue weighted by Gasteiger charge is -2.17. The van der Waals surface area contributed by atoms with Gasteiger partial charge in [-0.05, 0) is 39.3 Å². The van der Waals surface area contributed by atoms with Crippen LogP contribution >= 0.6 is 11.3 Å². The first-order valence-corrected chi connectivity index (χ1v) is 8.11. The van der Waals surface area contributed by atoms with E-state index in [1.54, 1.807) is 6.20 Å². The van der Waals surface area contributed by atoms with Crippen molar-refractivity contribution in [2.75, 3.05) is 32.1 Å². The van der Waals surface area contributed by atoms with Gasteiger partial charge in [0.1, 0.15) is 0 Å². The summed E-state index contributed by atoms with van der Waals surface area (Å²) >= 11 is 1.44. The molecule has 1 aliphatic rings. The third kappa shape index (κ3) is 5.56. The molecular weight excluding hydrogens is 274 g/mol. The van der Waals surface area contributed by atoms with E-state index in [-0.39, 0.29) is 5.91 Å². The van der Waals surface area contributed by atoms with Gasteiger partial charge in [-0.2, -0.15) is 0 Å². The number of hydrogen-bond acceptors (Lipinski definition) is 5. The Balaban J connectivity index is 1.52. The van der Waals surface area contributed by atoms with Crippen molar-refractivity contribution < 1.29 is 9.53 Å². The van der Waals surface area contributed by atoms with E-state index in [0.717, 1.165) is 32.5 Å². The van der Waals surface area contributed by atoms with Crippen molar-refractivity contribution >= 4 is 22.4 Å². The number of rotatable bonds is 8. The van der Waals surface area contributed by atoms with Crippen LogP contribution in [0.15, 0.2) is 11.6 Å². The number of thiazole rings is 1. The molecular formula is C14H23N3O2S.